The number of nitrogens with zero attached hydrogens (tertiary/aromatic N) is 3. The van der Waals surface area contributed by atoms with Gasteiger partial charge in [0.15, 0.2) is 4.80 Å². The molecule has 3 aromatic rings. The standard InChI is InChI=1S/C20H21N3O6S2/c1-22(2)31(26,27)14-10-8-13(9-11-14)19(25)21-20-23(12-17(24)29-4)18-15(28-3)6-5-7-16(18)30-20/h5-11H,12H2,1-4H3. The number of fused-ring (bicyclic) bond motifs is 1. The number of para-hydroxylation sites is 1. The maximum absolute atomic E-state index is 12.8. The van der Waals surface area contributed by atoms with Gasteiger partial charge in [0.1, 0.15) is 17.8 Å². The lowest BCUT2D eigenvalue weighted by molar-refractivity contribution is -0.141. The number of hydrogen-bond donors (Lipinski definition) is 0. The van der Waals surface area contributed by atoms with Gasteiger partial charge in [0.25, 0.3) is 5.91 Å². The molecule has 0 bridgehead atoms. The predicted octanol–water partition coefficient (Wildman–Crippen LogP) is 1.88. The summed E-state index contributed by atoms with van der Waals surface area (Å²) in [7, 11) is 2.05. The van der Waals surface area contributed by atoms with Gasteiger partial charge >= 0.3 is 5.97 Å². The number of carbonyl (C=O) groups excluding carboxylic acids is 2. The summed E-state index contributed by atoms with van der Waals surface area (Å²) >= 11 is 1.23. The molecule has 2 aromatic carbocycles. The van der Waals surface area contributed by atoms with Crippen molar-refractivity contribution in [3.8, 4) is 5.75 Å². The topological polar surface area (TPSA) is 107 Å². The molecule has 1 amide bonds. The van der Waals surface area contributed by atoms with Crippen molar-refractivity contribution in [3.63, 3.8) is 0 Å². The molecule has 164 valence electrons. The molecule has 31 heavy (non-hydrogen) atoms. The minimum atomic E-state index is -3.60. The molecule has 0 saturated heterocycles. The van der Waals surface area contributed by atoms with Gasteiger partial charge in [-0.2, -0.15) is 4.99 Å². The Morgan fingerprint density at radius 2 is 1.77 bits per heavy atom. The molecule has 0 radical (unpaired) electrons. The van der Waals surface area contributed by atoms with Crippen molar-refractivity contribution in [3.05, 3.63) is 52.8 Å². The molecule has 1 aromatic heterocycles. The van der Waals surface area contributed by atoms with E-state index in [0.717, 1.165) is 9.01 Å². The third kappa shape index (κ3) is 4.53. The van der Waals surface area contributed by atoms with Crippen LogP contribution in [0.1, 0.15) is 10.4 Å². The molecular weight excluding hydrogens is 442 g/mol. The van der Waals surface area contributed by atoms with Crippen LogP contribution >= 0.6 is 11.3 Å². The van der Waals surface area contributed by atoms with Crippen LogP contribution < -0.4 is 9.54 Å². The fourth-order valence-electron chi connectivity index (χ4n) is 2.82. The number of rotatable bonds is 6. The predicted molar refractivity (Wildman–Crippen MR) is 116 cm³/mol. The van der Waals surface area contributed by atoms with Gasteiger partial charge in [-0.05, 0) is 36.4 Å². The molecule has 0 aliphatic heterocycles. The van der Waals surface area contributed by atoms with Gasteiger partial charge in [-0.25, -0.2) is 12.7 Å². The number of hydrogen-bond acceptors (Lipinski definition) is 7. The second-order valence-corrected chi connectivity index (χ2v) is 9.74. The van der Waals surface area contributed by atoms with Crippen LogP contribution in [0.2, 0.25) is 0 Å². The van der Waals surface area contributed by atoms with E-state index in [9.17, 15) is 18.0 Å². The zero-order valence-electron chi connectivity index (χ0n) is 17.4. The van der Waals surface area contributed by atoms with Crippen LogP contribution in [0.5, 0.6) is 5.75 Å². The van der Waals surface area contributed by atoms with E-state index in [1.165, 1.54) is 63.9 Å². The Balaban J connectivity index is 2.08. The zero-order valence-corrected chi connectivity index (χ0v) is 19.0. The highest BCUT2D eigenvalue weighted by atomic mass is 32.2. The van der Waals surface area contributed by atoms with E-state index in [4.69, 9.17) is 9.47 Å². The Hall–Kier alpha value is -3.02. The van der Waals surface area contributed by atoms with E-state index in [-0.39, 0.29) is 17.0 Å². The minimum absolute atomic E-state index is 0.0707. The van der Waals surface area contributed by atoms with E-state index in [1.54, 1.807) is 16.7 Å². The van der Waals surface area contributed by atoms with Crippen LogP contribution in [-0.4, -0.2) is 57.5 Å². The van der Waals surface area contributed by atoms with Gasteiger partial charge in [-0.15, -0.1) is 0 Å². The first-order chi connectivity index (χ1) is 14.7. The maximum Gasteiger partial charge on any atom is 0.325 e. The van der Waals surface area contributed by atoms with Crippen LogP contribution in [0, 0.1) is 0 Å². The molecule has 0 saturated carbocycles. The van der Waals surface area contributed by atoms with Gasteiger partial charge in [0, 0.05) is 19.7 Å². The molecule has 0 spiro atoms. The second kappa shape index (κ2) is 9.00. The SMILES string of the molecule is COC(=O)Cn1c(=NC(=O)c2ccc(S(=O)(=O)N(C)C)cc2)sc2cccc(OC)c21. The third-order valence-corrected chi connectivity index (χ3v) is 7.35. The highest BCUT2D eigenvalue weighted by molar-refractivity contribution is 7.89. The minimum Gasteiger partial charge on any atom is -0.495 e. The molecule has 0 unspecified atom stereocenters. The first-order valence-electron chi connectivity index (χ1n) is 9.04. The summed E-state index contributed by atoms with van der Waals surface area (Å²) in [5.74, 6) is -0.541. The Labute approximate surface area is 183 Å². The molecular formula is C20H21N3O6S2. The summed E-state index contributed by atoms with van der Waals surface area (Å²) in [4.78, 5) is 29.3. The Morgan fingerprint density at radius 1 is 1.10 bits per heavy atom. The smallest absolute Gasteiger partial charge is 0.325 e. The van der Waals surface area contributed by atoms with Crippen molar-refractivity contribution in [2.24, 2.45) is 4.99 Å². The van der Waals surface area contributed by atoms with Crippen LogP contribution in [0.4, 0.5) is 0 Å². The summed E-state index contributed by atoms with van der Waals surface area (Å²) in [5, 5.41) is 0. The Morgan fingerprint density at radius 3 is 2.35 bits per heavy atom. The van der Waals surface area contributed by atoms with Crippen molar-refractivity contribution < 1.29 is 27.5 Å². The molecule has 0 fully saturated rings. The van der Waals surface area contributed by atoms with Crippen LogP contribution in [0.15, 0.2) is 52.4 Å². The van der Waals surface area contributed by atoms with Gasteiger partial charge in [-0.3, -0.25) is 9.59 Å². The van der Waals surface area contributed by atoms with Crippen molar-refractivity contribution in [1.29, 1.82) is 0 Å². The highest BCUT2D eigenvalue weighted by Gasteiger charge is 2.18. The molecule has 3 rings (SSSR count). The number of thiazole rings is 1. The van der Waals surface area contributed by atoms with Crippen molar-refractivity contribution in [2.45, 2.75) is 11.4 Å². The summed E-state index contributed by atoms with van der Waals surface area (Å²) in [6.45, 7) is -0.150. The van der Waals surface area contributed by atoms with E-state index in [1.807, 2.05) is 6.07 Å². The number of benzene rings is 2. The first-order valence-corrected chi connectivity index (χ1v) is 11.3. The Kier molecular flexibility index (Phi) is 6.58. The van der Waals surface area contributed by atoms with Crippen molar-refractivity contribution in [1.82, 2.24) is 8.87 Å². The summed E-state index contributed by atoms with van der Waals surface area (Å²) in [6, 6.07) is 10.9. The Bertz CT molecular complexity index is 1300. The van der Waals surface area contributed by atoms with E-state index >= 15 is 0 Å². The number of methoxy groups -OCH3 is 2. The lowest BCUT2D eigenvalue weighted by Crippen LogP contribution is -2.23. The first kappa shape index (κ1) is 22.7. The zero-order chi connectivity index (χ0) is 22.8. The van der Waals surface area contributed by atoms with Crippen molar-refractivity contribution >= 4 is 43.5 Å². The number of sulfonamides is 1. The van der Waals surface area contributed by atoms with Gasteiger partial charge in [0.05, 0.1) is 23.8 Å². The largest absolute Gasteiger partial charge is 0.495 e. The average Bonchev–Trinajstić information content (AvgIpc) is 3.10. The molecule has 0 atom stereocenters. The van der Waals surface area contributed by atoms with Gasteiger partial charge in [-0.1, -0.05) is 17.4 Å². The molecule has 0 N–H and O–H groups in total. The summed E-state index contributed by atoms with van der Waals surface area (Å²) in [6.07, 6.45) is 0. The normalized spacial score (nSPS) is 12.4. The highest BCUT2D eigenvalue weighted by Crippen LogP contribution is 2.27. The maximum atomic E-state index is 12.8. The molecule has 0 aliphatic carbocycles. The molecule has 9 nitrogen and oxygen atoms in total. The molecule has 0 aliphatic rings. The molecule has 1 heterocycles. The average molecular weight is 464 g/mol. The van der Waals surface area contributed by atoms with Crippen LogP contribution in [0.25, 0.3) is 10.2 Å². The van der Waals surface area contributed by atoms with Gasteiger partial charge in [0.2, 0.25) is 10.0 Å². The quantitative estimate of drug-likeness (QED) is 0.517. The number of carbonyl (C=O) groups is 2. The lowest BCUT2D eigenvalue weighted by atomic mass is 10.2. The number of esters is 1. The summed E-state index contributed by atoms with van der Waals surface area (Å²) < 4.78 is 38.0. The summed E-state index contributed by atoms with van der Waals surface area (Å²) in [5.41, 5.74) is 0.839. The van der Waals surface area contributed by atoms with E-state index in [2.05, 4.69) is 4.99 Å². The number of ether oxygens (including phenoxy) is 2. The fourth-order valence-corrected chi connectivity index (χ4v) is 4.77. The van der Waals surface area contributed by atoms with Crippen molar-refractivity contribution in [2.75, 3.05) is 28.3 Å². The monoisotopic (exact) mass is 463 g/mol. The van der Waals surface area contributed by atoms with E-state index < -0.39 is 21.9 Å². The van der Waals surface area contributed by atoms with Crippen LogP contribution in [-0.2, 0) is 26.1 Å². The second-order valence-electron chi connectivity index (χ2n) is 6.58. The fraction of sp³-hybridized carbons (Fsp3) is 0.250. The van der Waals surface area contributed by atoms with Gasteiger partial charge < -0.3 is 14.0 Å². The number of amides is 1. The lowest BCUT2D eigenvalue weighted by Gasteiger charge is -2.11. The molecule has 11 heteroatoms. The van der Waals surface area contributed by atoms with E-state index in [0.29, 0.717) is 16.1 Å². The van der Waals surface area contributed by atoms with Crippen LogP contribution in [0.3, 0.4) is 0 Å². The third-order valence-electron chi connectivity index (χ3n) is 4.48. The number of aromatic nitrogens is 1.